The Morgan fingerprint density at radius 1 is 0.611 bits per heavy atom. The third-order valence-electron chi connectivity index (χ3n) is 3.57. The highest BCUT2D eigenvalue weighted by Crippen LogP contribution is 2.14. The molecule has 2 heterocycles. The predicted octanol–water partition coefficient (Wildman–Crippen LogP) is 2.16. The minimum absolute atomic E-state index is 0.342. The third-order valence-corrected chi connectivity index (χ3v) is 3.57. The van der Waals surface area contributed by atoms with Crippen molar-refractivity contribution < 1.29 is 18.9 Å². The topological polar surface area (TPSA) is 36.9 Å². The first kappa shape index (κ1) is 14.3. The summed E-state index contributed by atoms with van der Waals surface area (Å²) in [5, 5.41) is 0. The predicted molar refractivity (Wildman–Crippen MR) is 68.8 cm³/mol. The normalized spacial score (nSPS) is 29.3. The van der Waals surface area contributed by atoms with Gasteiger partial charge in [-0.25, -0.2) is 0 Å². The quantitative estimate of drug-likeness (QED) is 0.656. The summed E-state index contributed by atoms with van der Waals surface area (Å²) in [5.74, 6) is 0. The molecule has 2 saturated heterocycles. The number of hydrogen-bond donors (Lipinski definition) is 0. The lowest BCUT2D eigenvalue weighted by Crippen LogP contribution is -2.28. The summed E-state index contributed by atoms with van der Waals surface area (Å²) < 4.78 is 22.0. The van der Waals surface area contributed by atoms with Gasteiger partial charge in [0.25, 0.3) is 0 Å². The van der Waals surface area contributed by atoms with Crippen LogP contribution in [0.3, 0.4) is 0 Å². The van der Waals surface area contributed by atoms with Gasteiger partial charge in [0, 0.05) is 0 Å². The molecule has 2 rings (SSSR count). The molecule has 2 unspecified atom stereocenters. The van der Waals surface area contributed by atoms with E-state index in [1.165, 1.54) is 25.7 Å². The highest BCUT2D eigenvalue weighted by molar-refractivity contribution is 4.63. The van der Waals surface area contributed by atoms with Gasteiger partial charge >= 0.3 is 0 Å². The van der Waals surface area contributed by atoms with Crippen LogP contribution in [0.2, 0.25) is 0 Å². The monoisotopic (exact) mass is 258 g/mol. The van der Waals surface area contributed by atoms with Gasteiger partial charge in [-0.1, -0.05) is 25.7 Å². The molecule has 0 aromatic rings. The van der Waals surface area contributed by atoms with Crippen molar-refractivity contribution in [1.29, 1.82) is 0 Å². The van der Waals surface area contributed by atoms with Crippen LogP contribution >= 0.6 is 0 Å². The first-order valence-electron chi connectivity index (χ1n) is 7.34. The van der Waals surface area contributed by atoms with E-state index in [0.29, 0.717) is 12.2 Å². The molecule has 0 bridgehead atoms. The molecule has 0 saturated carbocycles. The summed E-state index contributed by atoms with van der Waals surface area (Å²) in [4.78, 5) is 0. The van der Waals surface area contributed by atoms with E-state index in [9.17, 15) is 0 Å². The average Bonchev–Trinajstić information content (AvgIpc) is 2.45. The molecule has 0 amide bonds. The SMILES string of the molecule is C(CCCC1COCCO1)CCC1COCCO1. The minimum atomic E-state index is 0.342. The second-order valence-corrected chi connectivity index (χ2v) is 5.13. The van der Waals surface area contributed by atoms with Crippen molar-refractivity contribution in [1.82, 2.24) is 0 Å². The molecular formula is C14H26O4. The Morgan fingerprint density at radius 2 is 1.11 bits per heavy atom. The Kier molecular flexibility index (Phi) is 7.01. The Morgan fingerprint density at radius 3 is 1.50 bits per heavy atom. The van der Waals surface area contributed by atoms with Crippen molar-refractivity contribution in [3.8, 4) is 0 Å². The molecule has 2 aliphatic rings. The Balaban J connectivity index is 1.39. The van der Waals surface area contributed by atoms with Gasteiger partial charge in [0.15, 0.2) is 0 Å². The Bertz CT molecular complexity index is 176. The zero-order valence-corrected chi connectivity index (χ0v) is 11.3. The van der Waals surface area contributed by atoms with Crippen LogP contribution in [-0.2, 0) is 18.9 Å². The maximum absolute atomic E-state index is 5.62. The van der Waals surface area contributed by atoms with Gasteiger partial charge in [-0.2, -0.15) is 0 Å². The molecule has 4 nitrogen and oxygen atoms in total. The van der Waals surface area contributed by atoms with E-state index in [4.69, 9.17) is 18.9 Å². The van der Waals surface area contributed by atoms with E-state index in [-0.39, 0.29) is 0 Å². The maximum atomic E-state index is 5.62. The van der Waals surface area contributed by atoms with Crippen LogP contribution in [-0.4, -0.2) is 51.8 Å². The lowest BCUT2D eigenvalue weighted by atomic mass is 10.1. The lowest BCUT2D eigenvalue weighted by molar-refractivity contribution is -0.0924. The molecule has 4 heteroatoms. The highest BCUT2D eigenvalue weighted by atomic mass is 16.6. The van der Waals surface area contributed by atoms with Crippen molar-refractivity contribution >= 4 is 0 Å². The van der Waals surface area contributed by atoms with Crippen LogP contribution in [0.15, 0.2) is 0 Å². The van der Waals surface area contributed by atoms with E-state index in [0.717, 1.165) is 52.5 Å². The molecule has 0 aliphatic carbocycles. The third kappa shape index (κ3) is 5.65. The zero-order valence-electron chi connectivity index (χ0n) is 11.3. The largest absolute Gasteiger partial charge is 0.376 e. The first-order chi connectivity index (χ1) is 8.95. The van der Waals surface area contributed by atoms with Crippen LogP contribution in [0, 0.1) is 0 Å². The molecule has 0 spiro atoms. The van der Waals surface area contributed by atoms with Crippen LogP contribution < -0.4 is 0 Å². The summed E-state index contributed by atoms with van der Waals surface area (Å²) in [6.45, 7) is 4.63. The van der Waals surface area contributed by atoms with Gasteiger partial charge in [-0.05, 0) is 12.8 Å². The number of unbranched alkanes of at least 4 members (excludes halogenated alkanes) is 3. The number of hydrogen-bond acceptors (Lipinski definition) is 4. The van der Waals surface area contributed by atoms with Crippen molar-refractivity contribution in [2.45, 2.75) is 50.7 Å². The van der Waals surface area contributed by atoms with Gasteiger partial charge in [-0.15, -0.1) is 0 Å². The summed E-state index contributed by atoms with van der Waals surface area (Å²) in [7, 11) is 0. The molecule has 0 N–H and O–H groups in total. The van der Waals surface area contributed by atoms with Gasteiger partial charge in [0.2, 0.25) is 0 Å². The molecule has 106 valence electrons. The zero-order chi connectivity index (χ0) is 12.5. The average molecular weight is 258 g/mol. The minimum Gasteiger partial charge on any atom is -0.376 e. The molecule has 2 fully saturated rings. The summed E-state index contributed by atoms with van der Waals surface area (Å²) in [6.07, 6.45) is 8.03. The van der Waals surface area contributed by atoms with Crippen LogP contribution in [0.25, 0.3) is 0 Å². The van der Waals surface area contributed by atoms with Crippen molar-refractivity contribution in [3.63, 3.8) is 0 Å². The first-order valence-corrected chi connectivity index (χ1v) is 7.34. The Labute approximate surface area is 110 Å². The van der Waals surface area contributed by atoms with Crippen LogP contribution in [0.4, 0.5) is 0 Å². The second kappa shape index (κ2) is 8.86. The summed E-state index contributed by atoms with van der Waals surface area (Å²) in [6, 6.07) is 0. The van der Waals surface area contributed by atoms with Crippen molar-refractivity contribution in [2.75, 3.05) is 39.6 Å². The molecule has 0 aromatic heterocycles. The van der Waals surface area contributed by atoms with E-state index in [1.807, 2.05) is 0 Å². The van der Waals surface area contributed by atoms with E-state index >= 15 is 0 Å². The van der Waals surface area contributed by atoms with E-state index in [2.05, 4.69) is 0 Å². The smallest absolute Gasteiger partial charge is 0.0809 e. The standard InChI is InChI=1S/C14H26O4/c1(3-5-13-11-15-7-9-17-13)2-4-6-14-12-16-8-10-18-14/h13-14H,1-12H2. The van der Waals surface area contributed by atoms with Crippen molar-refractivity contribution in [2.24, 2.45) is 0 Å². The van der Waals surface area contributed by atoms with Crippen LogP contribution in [0.5, 0.6) is 0 Å². The molecule has 2 atom stereocenters. The number of ether oxygens (including phenoxy) is 4. The molecule has 18 heavy (non-hydrogen) atoms. The van der Waals surface area contributed by atoms with E-state index < -0.39 is 0 Å². The molecule has 2 aliphatic heterocycles. The van der Waals surface area contributed by atoms with Gasteiger partial charge in [0.1, 0.15) is 0 Å². The fraction of sp³-hybridized carbons (Fsp3) is 1.00. The lowest BCUT2D eigenvalue weighted by Gasteiger charge is -2.23. The molecule has 0 radical (unpaired) electrons. The second-order valence-electron chi connectivity index (χ2n) is 5.13. The number of rotatable bonds is 7. The van der Waals surface area contributed by atoms with Gasteiger partial charge < -0.3 is 18.9 Å². The summed E-state index contributed by atoms with van der Waals surface area (Å²) in [5.41, 5.74) is 0. The van der Waals surface area contributed by atoms with Crippen LogP contribution in [0.1, 0.15) is 38.5 Å². The van der Waals surface area contributed by atoms with Gasteiger partial charge in [-0.3, -0.25) is 0 Å². The Hall–Kier alpha value is -0.160. The van der Waals surface area contributed by atoms with E-state index in [1.54, 1.807) is 0 Å². The molecular weight excluding hydrogens is 232 g/mol. The van der Waals surface area contributed by atoms with Crippen molar-refractivity contribution in [3.05, 3.63) is 0 Å². The highest BCUT2D eigenvalue weighted by Gasteiger charge is 2.14. The fourth-order valence-electron chi connectivity index (χ4n) is 2.50. The maximum Gasteiger partial charge on any atom is 0.0809 e. The van der Waals surface area contributed by atoms with Gasteiger partial charge in [0.05, 0.1) is 51.8 Å². The molecule has 0 aromatic carbocycles. The fourth-order valence-corrected chi connectivity index (χ4v) is 2.50. The summed E-state index contributed by atoms with van der Waals surface area (Å²) >= 11 is 0.